The van der Waals surface area contributed by atoms with Gasteiger partial charge in [-0.2, -0.15) is 13.2 Å². The summed E-state index contributed by atoms with van der Waals surface area (Å²) in [6.45, 7) is 1.44. The molecule has 0 saturated heterocycles. The lowest BCUT2D eigenvalue weighted by molar-refractivity contribution is -0.157. The van der Waals surface area contributed by atoms with Gasteiger partial charge >= 0.3 is 12.1 Å². The number of nitrogens with one attached hydrogen (secondary N) is 1. The van der Waals surface area contributed by atoms with Crippen LogP contribution < -0.4 is 10.1 Å². The molecule has 1 aliphatic heterocycles. The Bertz CT molecular complexity index is 803. The van der Waals surface area contributed by atoms with Crippen LogP contribution in [0.4, 0.5) is 19.1 Å². The standard InChI is InChI=1S/C14H10ClF3N2O3/c1-13(7-5-6(15)3-4-8(7)22-2)9-10(20-11(13)21)23-12(19-9)14(16,17)18/h3-5H,1-2H3,(H,20,21). The molecule has 0 spiro atoms. The Morgan fingerprint density at radius 1 is 1.39 bits per heavy atom. The zero-order valence-electron chi connectivity index (χ0n) is 11.9. The summed E-state index contributed by atoms with van der Waals surface area (Å²) in [5.41, 5.74) is -1.38. The summed E-state index contributed by atoms with van der Waals surface area (Å²) in [5.74, 6) is -2.02. The summed E-state index contributed by atoms with van der Waals surface area (Å²) in [7, 11) is 1.38. The van der Waals surface area contributed by atoms with Crippen LogP contribution in [0.3, 0.4) is 0 Å². The molecule has 9 heteroatoms. The van der Waals surface area contributed by atoms with Gasteiger partial charge in [-0.25, -0.2) is 4.98 Å². The van der Waals surface area contributed by atoms with Gasteiger partial charge in [0, 0.05) is 10.6 Å². The molecule has 1 aliphatic rings. The summed E-state index contributed by atoms with van der Waals surface area (Å²) in [4.78, 5) is 15.8. The molecule has 1 unspecified atom stereocenters. The number of nitrogens with zero attached hydrogens (tertiary/aromatic N) is 1. The van der Waals surface area contributed by atoms with Crippen molar-refractivity contribution in [2.75, 3.05) is 12.4 Å². The molecule has 1 amide bonds. The molecule has 0 fully saturated rings. The summed E-state index contributed by atoms with van der Waals surface area (Å²) in [6, 6.07) is 4.53. The van der Waals surface area contributed by atoms with Gasteiger partial charge in [-0.15, -0.1) is 0 Å². The minimum atomic E-state index is -4.76. The van der Waals surface area contributed by atoms with Crippen LogP contribution in [0, 0.1) is 0 Å². The second-order valence-corrected chi connectivity index (χ2v) is 5.55. The molecular formula is C14H10ClF3N2O3. The molecule has 1 aromatic carbocycles. The van der Waals surface area contributed by atoms with E-state index in [-0.39, 0.29) is 11.6 Å². The largest absolute Gasteiger partial charge is 0.496 e. The van der Waals surface area contributed by atoms with Gasteiger partial charge in [0.1, 0.15) is 16.9 Å². The lowest BCUT2D eigenvalue weighted by Crippen LogP contribution is -2.33. The predicted octanol–water partition coefficient (Wildman–Crippen LogP) is 3.61. The normalized spacial score (nSPS) is 20.3. The monoisotopic (exact) mass is 346 g/mol. The van der Waals surface area contributed by atoms with Crippen molar-refractivity contribution in [2.45, 2.75) is 18.5 Å². The van der Waals surface area contributed by atoms with Crippen molar-refractivity contribution < 1.29 is 27.1 Å². The Morgan fingerprint density at radius 3 is 2.70 bits per heavy atom. The number of hydrogen-bond acceptors (Lipinski definition) is 4. The molecule has 1 N–H and O–H groups in total. The highest BCUT2D eigenvalue weighted by atomic mass is 35.5. The van der Waals surface area contributed by atoms with Crippen LogP contribution in [-0.2, 0) is 16.4 Å². The highest BCUT2D eigenvalue weighted by molar-refractivity contribution is 6.30. The Kier molecular flexibility index (Phi) is 3.33. The number of hydrogen-bond donors (Lipinski definition) is 1. The maximum Gasteiger partial charge on any atom is 0.469 e. The molecule has 0 bridgehead atoms. The summed E-state index contributed by atoms with van der Waals surface area (Å²) < 4.78 is 48.2. The summed E-state index contributed by atoms with van der Waals surface area (Å²) in [5, 5.41) is 2.59. The van der Waals surface area contributed by atoms with E-state index in [2.05, 4.69) is 14.7 Å². The minimum Gasteiger partial charge on any atom is -0.496 e. The molecule has 0 saturated carbocycles. The van der Waals surface area contributed by atoms with E-state index in [1.54, 1.807) is 6.07 Å². The summed E-state index contributed by atoms with van der Waals surface area (Å²) in [6.07, 6.45) is -4.76. The number of amides is 1. The lowest BCUT2D eigenvalue weighted by atomic mass is 9.80. The zero-order chi connectivity index (χ0) is 17.0. The van der Waals surface area contributed by atoms with Gasteiger partial charge in [0.15, 0.2) is 0 Å². The van der Waals surface area contributed by atoms with Crippen LogP contribution in [0.25, 0.3) is 0 Å². The second-order valence-electron chi connectivity index (χ2n) is 5.12. The fraction of sp³-hybridized carbons (Fsp3) is 0.286. The molecule has 1 aromatic heterocycles. The maximum absolute atomic E-state index is 12.8. The lowest BCUT2D eigenvalue weighted by Gasteiger charge is -2.23. The Morgan fingerprint density at radius 2 is 2.09 bits per heavy atom. The molecule has 23 heavy (non-hydrogen) atoms. The molecule has 0 aliphatic carbocycles. The van der Waals surface area contributed by atoms with Crippen molar-refractivity contribution in [3.63, 3.8) is 0 Å². The molecule has 122 valence electrons. The van der Waals surface area contributed by atoms with Gasteiger partial charge < -0.3 is 9.15 Å². The van der Waals surface area contributed by atoms with E-state index in [9.17, 15) is 18.0 Å². The van der Waals surface area contributed by atoms with E-state index in [1.165, 1.54) is 26.2 Å². The first-order valence-electron chi connectivity index (χ1n) is 6.42. The van der Waals surface area contributed by atoms with Gasteiger partial charge in [0.05, 0.1) is 7.11 Å². The Labute approximate surface area is 133 Å². The molecule has 3 rings (SSSR count). The van der Waals surface area contributed by atoms with E-state index < -0.39 is 23.4 Å². The van der Waals surface area contributed by atoms with Crippen LogP contribution in [0.15, 0.2) is 22.6 Å². The SMILES string of the molecule is COc1ccc(Cl)cc1C1(C)C(=O)Nc2oc(C(F)(F)F)nc21. The van der Waals surface area contributed by atoms with Crippen molar-refractivity contribution in [1.29, 1.82) is 0 Å². The van der Waals surface area contributed by atoms with Crippen molar-refractivity contribution in [1.82, 2.24) is 4.98 Å². The first-order valence-corrected chi connectivity index (χ1v) is 6.79. The van der Waals surface area contributed by atoms with Crippen LogP contribution in [-0.4, -0.2) is 18.0 Å². The molecule has 2 heterocycles. The first kappa shape index (κ1) is 15.7. The number of carbonyl (C=O) groups excluding carboxylic acids is 1. The number of anilines is 1. The third-order valence-electron chi connectivity index (χ3n) is 3.72. The molecule has 5 nitrogen and oxygen atoms in total. The molecule has 2 aromatic rings. The van der Waals surface area contributed by atoms with Gasteiger partial charge in [-0.1, -0.05) is 11.6 Å². The molecule has 0 radical (unpaired) electrons. The number of ether oxygens (including phenoxy) is 1. The van der Waals surface area contributed by atoms with Gasteiger partial charge in [-0.05, 0) is 25.1 Å². The van der Waals surface area contributed by atoms with Gasteiger partial charge in [-0.3, -0.25) is 10.1 Å². The van der Waals surface area contributed by atoms with Crippen molar-refractivity contribution >= 4 is 23.4 Å². The smallest absolute Gasteiger partial charge is 0.469 e. The van der Waals surface area contributed by atoms with Crippen LogP contribution in [0.1, 0.15) is 24.1 Å². The second kappa shape index (κ2) is 4.89. The molecule has 1 atom stereocenters. The third kappa shape index (κ3) is 2.24. The number of rotatable bonds is 2. The number of oxazole rings is 1. The van der Waals surface area contributed by atoms with Crippen LogP contribution in [0.5, 0.6) is 5.75 Å². The van der Waals surface area contributed by atoms with Crippen LogP contribution in [0.2, 0.25) is 5.02 Å². The maximum atomic E-state index is 12.8. The van der Waals surface area contributed by atoms with E-state index in [0.29, 0.717) is 16.3 Å². The van der Waals surface area contributed by atoms with E-state index in [0.717, 1.165) is 0 Å². The number of methoxy groups -OCH3 is 1. The number of halogens is 4. The fourth-order valence-corrected chi connectivity index (χ4v) is 2.69. The summed E-state index contributed by atoms with van der Waals surface area (Å²) >= 11 is 5.96. The predicted molar refractivity (Wildman–Crippen MR) is 74.6 cm³/mol. The average molecular weight is 347 g/mol. The number of fused-ring (bicyclic) bond motifs is 1. The average Bonchev–Trinajstić information content (AvgIpc) is 2.99. The fourth-order valence-electron chi connectivity index (χ4n) is 2.52. The van der Waals surface area contributed by atoms with Crippen molar-refractivity contribution in [2.24, 2.45) is 0 Å². The minimum absolute atomic E-state index is 0.157. The number of alkyl halides is 3. The van der Waals surface area contributed by atoms with Gasteiger partial charge in [0.25, 0.3) is 0 Å². The highest BCUT2D eigenvalue weighted by Crippen LogP contribution is 2.47. The van der Waals surface area contributed by atoms with Crippen molar-refractivity contribution in [3.8, 4) is 5.75 Å². The Hall–Kier alpha value is -2.22. The Balaban J connectivity index is 2.22. The van der Waals surface area contributed by atoms with Crippen LogP contribution >= 0.6 is 11.6 Å². The van der Waals surface area contributed by atoms with Gasteiger partial charge in [0.2, 0.25) is 11.8 Å². The molecular weight excluding hydrogens is 337 g/mol. The van der Waals surface area contributed by atoms with E-state index in [4.69, 9.17) is 16.3 Å². The van der Waals surface area contributed by atoms with E-state index in [1.807, 2.05) is 0 Å². The first-order chi connectivity index (χ1) is 10.7. The number of carbonyl (C=O) groups is 1. The quantitative estimate of drug-likeness (QED) is 0.902. The van der Waals surface area contributed by atoms with Crippen molar-refractivity contribution in [3.05, 3.63) is 40.4 Å². The highest BCUT2D eigenvalue weighted by Gasteiger charge is 2.52. The van der Waals surface area contributed by atoms with E-state index >= 15 is 0 Å². The number of aromatic nitrogens is 1. The number of benzene rings is 1. The zero-order valence-corrected chi connectivity index (χ0v) is 12.7. The topological polar surface area (TPSA) is 64.4 Å². The third-order valence-corrected chi connectivity index (χ3v) is 3.96.